The van der Waals surface area contributed by atoms with Gasteiger partial charge >= 0.3 is 6.09 Å². The summed E-state index contributed by atoms with van der Waals surface area (Å²) in [7, 11) is 0. The smallest absolute Gasteiger partial charge is 0.410 e. The minimum atomic E-state index is -0.445. The monoisotopic (exact) mass is 421 g/mol. The molecule has 2 aliphatic rings. The number of rotatable bonds is 3. The lowest BCUT2D eigenvalue weighted by Crippen LogP contribution is -2.50. The fraction of sp³-hybridized carbons (Fsp3) is 0.500. The molecular formula is C26H35N3O2. The first-order chi connectivity index (χ1) is 14.9. The van der Waals surface area contributed by atoms with E-state index in [1.807, 2.05) is 25.7 Å². The lowest BCUT2D eigenvalue weighted by molar-refractivity contribution is 0.0240. The highest BCUT2D eigenvalue weighted by Gasteiger charge is 2.26. The zero-order valence-corrected chi connectivity index (χ0v) is 19.1. The summed E-state index contributed by atoms with van der Waals surface area (Å²) in [5.41, 5.74) is 3.57. The summed E-state index contributed by atoms with van der Waals surface area (Å²) in [5, 5.41) is 0. The Morgan fingerprint density at radius 3 is 1.81 bits per heavy atom. The normalized spacial score (nSPS) is 18.2. The molecule has 2 saturated heterocycles. The molecule has 2 aromatic carbocycles. The van der Waals surface area contributed by atoms with Gasteiger partial charge in [-0.25, -0.2) is 4.79 Å². The molecule has 0 radical (unpaired) electrons. The second-order valence-electron chi connectivity index (χ2n) is 9.64. The molecule has 2 fully saturated rings. The molecule has 4 rings (SSSR count). The molecular weight excluding hydrogens is 386 g/mol. The highest BCUT2D eigenvalue weighted by Crippen LogP contribution is 2.31. The van der Waals surface area contributed by atoms with Crippen LogP contribution in [0.4, 0.5) is 16.2 Å². The predicted octanol–water partition coefficient (Wildman–Crippen LogP) is 5.13. The van der Waals surface area contributed by atoms with Crippen molar-refractivity contribution < 1.29 is 9.53 Å². The summed E-state index contributed by atoms with van der Waals surface area (Å²) in [4.78, 5) is 18.9. The third-order valence-corrected chi connectivity index (χ3v) is 6.28. The quantitative estimate of drug-likeness (QED) is 0.689. The summed E-state index contributed by atoms with van der Waals surface area (Å²) >= 11 is 0. The Bertz CT molecular complexity index is 844. The van der Waals surface area contributed by atoms with Crippen molar-refractivity contribution in [2.45, 2.75) is 45.1 Å². The van der Waals surface area contributed by atoms with Gasteiger partial charge in [0.1, 0.15) is 5.60 Å². The van der Waals surface area contributed by atoms with E-state index in [0.29, 0.717) is 19.0 Å². The van der Waals surface area contributed by atoms with Crippen LogP contribution in [0, 0.1) is 0 Å². The van der Waals surface area contributed by atoms with E-state index in [2.05, 4.69) is 64.4 Å². The number of piperazine rings is 1. The number of carbonyl (C=O) groups is 1. The van der Waals surface area contributed by atoms with Crippen LogP contribution in [0.15, 0.2) is 54.6 Å². The van der Waals surface area contributed by atoms with Crippen molar-refractivity contribution >= 4 is 17.5 Å². The third-order valence-electron chi connectivity index (χ3n) is 6.28. The Morgan fingerprint density at radius 1 is 0.774 bits per heavy atom. The minimum absolute atomic E-state index is 0.207. The number of hydrogen-bond donors (Lipinski definition) is 0. The molecule has 31 heavy (non-hydrogen) atoms. The molecule has 0 bridgehead atoms. The van der Waals surface area contributed by atoms with Gasteiger partial charge in [0.05, 0.1) is 0 Å². The molecule has 5 nitrogen and oxygen atoms in total. The van der Waals surface area contributed by atoms with Crippen LogP contribution in [0.3, 0.4) is 0 Å². The molecule has 2 aromatic rings. The van der Waals surface area contributed by atoms with Crippen LogP contribution in [0.1, 0.15) is 45.1 Å². The number of ether oxygens (including phenoxy) is 1. The number of nitrogens with zero attached hydrogens (tertiary/aromatic N) is 3. The van der Waals surface area contributed by atoms with E-state index in [1.54, 1.807) is 0 Å². The first-order valence-corrected chi connectivity index (χ1v) is 11.5. The van der Waals surface area contributed by atoms with Gasteiger partial charge in [0.15, 0.2) is 0 Å². The van der Waals surface area contributed by atoms with Crippen molar-refractivity contribution in [2.75, 3.05) is 49.1 Å². The lowest BCUT2D eigenvalue weighted by Gasteiger charge is -2.37. The fourth-order valence-electron chi connectivity index (χ4n) is 4.54. The molecule has 2 aliphatic heterocycles. The first-order valence-electron chi connectivity index (χ1n) is 11.5. The maximum atomic E-state index is 12.3. The van der Waals surface area contributed by atoms with Gasteiger partial charge in [0.2, 0.25) is 0 Å². The number of carbonyl (C=O) groups excluding carboxylic acids is 1. The molecule has 0 saturated carbocycles. The second-order valence-corrected chi connectivity index (χ2v) is 9.64. The lowest BCUT2D eigenvalue weighted by atomic mass is 9.89. The zero-order chi connectivity index (χ0) is 21.8. The summed E-state index contributed by atoms with van der Waals surface area (Å²) < 4.78 is 5.50. The zero-order valence-electron chi connectivity index (χ0n) is 19.1. The predicted molar refractivity (Wildman–Crippen MR) is 127 cm³/mol. The van der Waals surface area contributed by atoms with E-state index in [1.165, 1.54) is 29.8 Å². The van der Waals surface area contributed by atoms with Gasteiger partial charge in [-0.05, 0) is 69.4 Å². The van der Waals surface area contributed by atoms with Gasteiger partial charge in [0.25, 0.3) is 0 Å². The largest absolute Gasteiger partial charge is 0.444 e. The van der Waals surface area contributed by atoms with E-state index in [-0.39, 0.29) is 6.09 Å². The van der Waals surface area contributed by atoms with Crippen molar-refractivity contribution in [3.05, 3.63) is 60.2 Å². The molecule has 166 valence electrons. The highest BCUT2D eigenvalue weighted by molar-refractivity contribution is 5.68. The summed E-state index contributed by atoms with van der Waals surface area (Å²) in [6.45, 7) is 11.0. The minimum Gasteiger partial charge on any atom is -0.444 e. The molecule has 0 unspecified atom stereocenters. The van der Waals surface area contributed by atoms with Gasteiger partial charge in [-0.2, -0.15) is 0 Å². The second kappa shape index (κ2) is 9.21. The highest BCUT2D eigenvalue weighted by atomic mass is 16.6. The third kappa shape index (κ3) is 5.52. The summed E-state index contributed by atoms with van der Waals surface area (Å²) in [6.07, 6.45) is 2.21. The van der Waals surface area contributed by atoms with Crippen LogP contribution in [0.2, 0.25) is 0 Å². The molecule has 2 heterocycles. The Balaban J connectivity index is 1.28. The molecule has 1 amide bonds. The van der Waals surface area contributed by atoms with E-state index >= 15 is 0 Å². The molecule has 0 atom stereocenters. The SMILES string of the molecule is CC(C)(C)OC(=O)N1CCN(c2ccc(N3CCC(c4ccccc4)CC3)cc2)CC1. The molecule has 0 aromatic heterocycles. The van der Waals surface area contributed by atoms with E-state index < -0.39 is 5.60 Å². The van der Waals surface area contributed by atoms with Crippen LogP contribution < -0.4 is 9.80 Å². The first kappa shape index (κ1) is 21.5. The summed E-state index contributed by atoms with van der Waals surface area (Å²) in [5.74, 6) is 0.679. The van der Waals surface area contributed by atoms with Gasteiger partial charge in [-0.15, -0.1) is 0 Å². The van der Waals surface area contributed by atoms with E-state index in [4.69, 9.17) is 4.74 Å². The average molecular weight is 422 g/mol. The standard InChI is InChI=1S/C26H35N3O2/c1-26(2,3)31-25(30)29-19-17-28(18-20-29)24-11-9-23(10-12-24)27-15-13-22(14-16-27)21-7-5-4-6-8-21/h4-12,22H,13-20H2,1-3H3. The number of hydrogen-bond acceptors (Lipinski definition) is 4. The number of anilines is 2. The van der Waals surface area contributed by atoms with Gasteiger partial charge in [-0.3, -0.25) is 0 Å². The Hall–Kier alpha value is -2.69. The summed E-state index contributed by atoms with van der Waals surface area (Å²) in [6, 6.07) is 19.9. The van der Waals surface area contributed by atoms with E-state index in [0.717, 1.165) is 26.2 Å². The number of amides is 1. The van der Waals surface area contributed by atoms with Crippen molar-refractivity contribution in [1.82, 2.24) is 4.90 Å². The maximum Gasteiger partial charge on any atom is 0.410 e. The van der Waals surface area contributed by atoms with Crippen molar-refractivity contribution in [3.63, 3.8) is 0 Å². The topological polar surface area (TPSA) is 36.0 Å². The fourth-order valence-corrected chi connectivity index (χ4v) is 4.54. The Labute approximate surface area is 186 Å². The van der Waals surface area contributed by atoms with Gasteiger partial charge in [0, 0.05) is 50.6 Å². The van der Waals surface area contributed by atoms with Gasteiger partial charge in [-0.1, -0.05) is 30.3 Å². The number of benzene rings is 2. The molecule has 5 heteroatoms. The Kier molecular flexibility index (Phi) is 6.40. The van der Waals surface area contributed by atoms with Gasteiger partial charge < -0.3 is 19.4 Å². The van der Waals surface area contributed by atoms with Crippen LogP contribution >= 0.6 is 0 Å². The molecule has 0 spiro atoms. The van der Waals surface area contributed by atoms with Crippen LogP contribution in [-0.4, -0.2) is 55.9 Å². The van der Waals surface area contributed by atoms with E-state index in [9.17, 15) is 4.79 Å². The van der Waals surface area contributed by atoms with Crippen molar-refractivity contribution in [2.24, 2.45) is 0 Å². The number of piperidine rings is 1. The maximum absolute atomic E-state index is 12.3. The molecule has 0 aliphatic carbocycles. The van der Waals surface area contributed by atoms with Crippen LogP contribution in [-0.2, 0) is 4.74 Å². The molecule has 0 N–H and O–H groups in total. The van der Waals surface area contributed by atoms with Crippen molar-refractivity contribution in [3.8, 4) is 0 Å². The average Bonchev–Trinajstić information content (AvgIpc) is 2.79. The Morgan fingerprint density at radius 2 is 1.29 bits per heavy atom. The van der Waals surface area contributed by atoms with Crippen LogP contribution in [0.5, 0.6) is 0 Å². The van der Waals surface area contributed by atoms with Crippen LogP contribution in [0.25, 0.3) is 0 Å². The van der Waals surface area contributed by atoms with Crippen molar-refractivity contribution in [1.29, 1.82) is 0 Å².